The van der Waals surface area contributed by atoms with Crippen LogP contribution in [-0.2, 0) is 43.4 Å². The summed E-state index contributed by atoms with van der Waals surface area (Å²) in [6.07, 6.45) is 4.81. The van der Waals surface area contributed by atoms with Gasteiger partial charge >= 0.3 is 12.1 Å². The van der Waals surface area contributed by atoms with E-state index >= 15 is 0 Å². The van der Waals surface area contributed by atoms with Crippen LogP contribution >= 0.6 is 0 Å². The third kappa shape index (κ3) is 12.6. The molecule has 0 saturated heterocycles. The molecule has 1 heterocycles. The zero-order valence-corrected chi connectivity index (χ0v) is 23.8. The van der Waals surface area contributed by atoms with E-state index < -0.39 is 41.9 Å². The van der Waals surface area contributed by atoms with Crippen molar-refractivity contribution in [3.05, 3.63) is 90.0 Å². The summed E-state index contributed by atoms with van der Waals surface area (Å²) >= 11 is 0. The summed E-state index contributed by atoms with van der Waals surface area (Å²) in [5.41, 5.74) is 2.04. The van der Waals surface area contributed by atoms with E-state index in [1.54, 1.807) is 18.3 Å². The highest BCUT2D eigenvalue weighted by Gasteiger charge is 2.29. The minimum Gasteiger partial charge on any atom is -0.481 e. The quantitative estimate of drug-likeness (QED) is 0.149. The van der Waals surface area contributed by atoms with Gasteiger partial charge in [0.05, 0.1) is 12.0 Å². The van der Waals surface area contributed by atoms with Crippen LogP contribution in [0.3, 0.4) is 0 Å². The van der Waals surface area contributed by atoms with Crippen LogP contribution in [0.15, 0.2) is 73.2 Å². The van der Waals surface area contributed by atoms with Crippen LogP contribution in [0, 0.1) is 0 Å². The fraction of sp³-hybridized carbons (Fsp3) is 0.355. The second-order valence-corrected chi connectivity index (χ2v) is 9.99. The number of amides is 4. The summed E-state index contributed by atoms with van der Waals surface area (Å²) in [5, 5.41) is 16.3. The average molecular weight is 592 g/mol. The van der Waals surface area contributed by atoms with Gasteiger partial charge in [-0.2, -0.15) is 0 Å². The summed E-state index contributed by atoms with van der Waals surface area (Å²) in [7, 11) is 0. The van der Waals surface area contributed by atoms with Crippen molar-refractivity contribution in [1.82, 2.24) is 25.9 Å². The van der Waals surface area contributed by atoms with E-state index in [1.807, 2.05) is 48.5 Å². The monoisotopic (exact) mass is 591 g/mol. The molecule has 228 valence electrons. The third-order valence-electron chi connectivity index (χ3n) is 6.51. The van der Waals surface area contributed by atoms with Gasteiger partial charge in [0.1, 0.15) is 18.7 Å². The van der Waals surface area contributed by atoms with Crippen LogP contribution in [0.25, 0.3) is 0 Å². The lowest BCUT2D eigenvalue weighted by atomic mass is 10.0. The fourth-order valence-electron chi connectivity index (χ4n) is 4.26. The van der Waals surface area contributed by atoms with Crippen LogP contribution in [0.4, 0.5) is 4.79 Å². The second kappa shape index (κ2) is 17.7. The molecule has 0 bridgehead atoms. The number of benzene rings is 2. The predicted octanol–water partition coefficient (Wildman–Crippen LogP) is 3.04. The van der Waals surface area contributed by atoms with Crippen molar-refractivity contribution >= 4 is 29.8 Å². The number of carbonyl (C=O) groups excluding carboxylic acids is 4. The lowest BCUT2D eigenvalue weighted by Crippen LogP contribution is -2.55. The Balaban J connectivity index is 1.63. The van der Waals surface area contributed by atoms with Crippen molar-refractivity contribution in [2.45, 2.75) is 70.1 Å². The maximum Gasteiger partial charge on any atom is 0.408 e. The number of imide groups is 1. The number of H-pyrrole nitrogens is 1. The van der Waals surface area contributed by atoms with Gasteiger partial charge in [0.2, 0.25) is 17.7 Å². The molecule has 0 aliphatic heterocycles. The van der Waals surface area contributed by atoms with Crippen LogP contribution in [0.1, 0.15) is 55.3 Å². The Morgan fingerprint density at radius 3 is 2.02 bits per heavy atom. The number of nitrogens with one attached hydrogen (secondary N) is 4. The van der Waals surface area contributed by atoms with Crippen molar-refractivity contribution in [3.8, 4) is 0 Å². The Bertz CT molecular complexity index is 1320. The Morgan fingerprint density at radius 1 is 0.767 bits per heavy atom. The molecule has 0 fully saturated rings. The number of ether oxygens (including phenoxy) is 1. The Kier molecular flexibility index (Phi) is 13.4. The van der Waals surface area contributed by atoms with Crippen LogP contribution in [0.2, 0.25) is 0 Å². The molecule has 43 heavy (non-hydrogen) atoms. The topological polar surface area (TPSA) is 180 Å². The first-order chi connectivity index (χ1) is 20.8. The van der Waals surface area contributed by atoms with E-state index in [2.05, 4.69) is 25.9 Å². The lowest BCUT2D eigenvalue weighted by molar-refractivity contribution is -0.137. The summed E-state index contributed by atoms with van der Waals surface area (Å²) < 4.78 is 5.31. The molecule has 0 aliphatic rings. The predicted molar refractivity (Wildman–Crippen MR) is 156 cm³/mol. The van der Waals surface area contributed by atoms with Gasteiger partial charge in [-0.1, -0.05) is 73.5 Å². The van der Waals surface area contributed by atoms with E-state index in [0.29, 0.717) is 31.4 Å². The third-order valence-corrected chi connectivity index (χ3v) is 6.51. The summed E-state index contributed by atoms with van der Waals surface area (Å²) in [4.78, 5) is 69.3. The zero-order chi connectivity index (χ0) is 30.9. The molecule has 0 spiro atoms. The number of alkyl carbamates (subject to hydrolysis) is 1. The van der Waals surface area contributed by atoms with Crippen LogP contribution in [0.5, 0.6) is 0 Å². The van der Waals surface area contributed by atoms with Crippen molar-refractivity contribution in [3.63, 3.8) is 0 Å². The number of imidazole rings is 1. The van der Waals surface area contributed by atoms with E-state index in [1.165, 1.54) is 6.33 Å². The number of nitrogens with zero attached hydrogens (tertiary/aromatic N) is 1. The van der Waals surface area contributed by atoms with Gasteiger partial charge in [-0.15, -0.1) is 0 Å². The number of unbranched alkanes of at least 4 members (excludes halogenated alkanes) is 3. The maximum atomic E-state index is 13.5. The van der Waals surface area contributed by atoms with Gasteiger partial charge in [0, 0.05) is 31.9 Å². The van der Waals surface area contributed by atoms with E-state index in [0.717, 1.165) is 11.1 Å². The Morgan fingerprint density at radius 2 is 1.40 bits per heavy atom. The number of rotatable bonds is 17. The summed E-state index contributed by atoms with van der Waals surface area (Å²) in [5.74, 6) is -2.72. The van der Waals surface area contributed by atoms with E-state index in [9.17, 15) is 24.0 Å². The number of aromatic nitrogens is 2. The summed E-state index contributed by atoms with van der Waals surface area (Å²) in [6.45, 7) is 0.0121. The number of aliphatic carboxylic acids is 1. The van der Waals surface area contributed by atoms with Gasteiger partial charge in [0.25, 0.3) is 0 Å². The van der Waals surface area contributed by atoms with Gasteiger partial charge in [-0.25, -0.2) is 9.78 Å². The number of hydrogen-bond donors (Lipinski definition) is 5. The van der Waals surface area contributed by atoms with E-state index in [4.69, 9.17) is 9.84 Å². The van der Waals surface area contributed by atoms with Gasteiger partial charge < -0.3 is 25.5 Å². The van der Waals surface area contributed by atoms with Crippen molar-refractivity contribution < 1.29 is 33.8 Å². The Labute approximate surface area is 249 Å². The largest absolute Gasteiger partial charge is 0.481 e. The van der Waals surface area contributed by atoms with Gasteiger partial charge in [0.15, 0.2) is 0 Å². The highest BCUT2D eigenvalue weighted by Crippen LogP contribution is 2.08. The SMILES string of the molecule is O=C(O)CCCCCCC(=O)NC(=O)[C@H](Cc1c[nH]cn1)NC(=O)[C@H](Cc1ccccc1)NC(=O)OCc1ccccc1. The molecule has 3 aromatic rings. The molecular formula is C31H37N5O7. The standard InChI is InChI=1S/C31H37N5O7/c37-27(15-9-1-2-10-16-28(38)39)36-30(41)26(18-24-19-32-21-33-24)34-29(40)25(17-22-11-5-3-6-12-22)35-31(42)43-20-23-13-7-4-8-14-23/h3-8,11-14,19,21,25-26H,1-2,9-10,15-18,20H2,(H,32,33)(H,34,40)(H,35,42)(H,38,39)(H,36,37,41)/t25-,26-/m0/s1. The molecule has 2 atom stereocenters. The first-order valence-corrected chi connectivity index (χ1v) is 14.1. The van der Waals surface area contributed by atoms with Gasteiger partial charge in [-0.3, -0.25) is 24.5 Å². The van der Waals surface area contributed by atoms with Crippen LogP contribution < -0.4 is 16.0 Å². The smallest absolute Gasteiger partial charge is 0.408 e. The summed E-state index contributed by atoms with van der Waals surface area (Å²) in [6, 6.07) is 15.9. The molecule has 4 amide bonds. The lowest BCUT2D eigenvalue weighted by Gasteiger charge is -2.23. The highest BCUT2D eigenvalue weighted by atomic mass is 16.5. The molecule has 5 N–H and O–H groups in total. The van der Waals surface area contributed by atoms with E-state index in [-0.39, 0.29) is 32.3 Å². The molecular weight excluding hydrogens is 554 g/mol. The zero-order valence-electron chi connectivity index (χ0n) is 23.8. The number of aromatic amines is 1. The molecule has 0 aliphatic carbocycles. The molecule has 0 radical (unpaired) electrons. The second-order valence-electron chi connectivity index (χ2n) is 9.99. The number of carboxylic acid groups (broad SMARTS) is 1. The highest BCUT2D eigenvalue weighted by molar-refractivity contribution is 6.00. The first kappa shape index (κ1) is 32.5. The normalized spacial score (nSPS) is 12.0. The number of carbonyl (C=O) groups is 5. The van der Waals surface area contributed by atoms with Crippen LogP contribution in [-0.4, -0.2) is 56.9 Å². The van der Waals surface area contributed by atoms with Crippen molar-refractivity contribution in [1.29, 1.82) is 0 Å². The number of carboxylic acids is 1. The first-order valence-electron chi connectivity index (χ1n) is 14.1. The minimum atomic E-state index is -1.16. The molecule has 0 unspecified atom stereocenters. The molecule has 12 heteroatoms. The molecule has 2 aromatic carbocycles. The maximum absolute atomic E-state index is 13.5. The van der Waals surface area contributed by atoms with Gasteiger partial charge in [-0.05, 0) is 24.0 Å². The average Bonchev–Trinajstić information content (AvgIpc) is 3.51. The number of hydrogen-bond acceptors (Lipinski definition) is 7. The molecule has 0 saturated carbocycles. The molecule has 1 aromatic heterocycles. The molecule has 3 rings (SSSR count). The van der Waals surface area contributed by atoms with Crippen molar-refractivity contribution in [2.24, 2.45) is 0 Å². The Hall–Kier alpha value is -5.00. The fourth-order valence-corrected chi connectivity index (χ4v) is 4.26. The minimum absolute atomic E-state index is 0.0000519. The van der Waals surface area contributed by atoms with Crippen molar-refractivity contribution in [2.75, 3.05) is 0 Å². The molecule has 12 nitrogen and oxygen atoms in total.